The van der Waals surface area contributed by atoms with E-state index >= 15 is 0 Å². The van der Waals surface area contributed by atoms with Gasteiger partial charge in [-0.15, -0.1) is 11.3 Å². The summed E-state index contributed by atoms with van der Waals surface area (Å²) in [5.41, 5.74) is 7.24. The summed E-state index contributed by atoms with van der Waals surface area (Å²) in [6.45, 7) is 6.15. The molecule has 4 nitrogen and oxygen atoms in total. The van der Waals surface area contributed by atoms with Crippen molar-refractivity contribution in [2.45, 2.75) is 20.8 Å². The van der Waals surface area contributed by atoms with Crippen molar-refractivity contribution >= 4 is 44.9 Å². The first-order chi connectivity index (χ1) is 16.4. The minimum absolute atomic E-state index is 0.213. The molecule has 0 spiro atoms. The lowest BCUT2D eigenvalue weighted by atomic mass is 10.0. The third-order valence-electron chi connectivity index (χ3n) is 5.88. The molecule has 0 fully saturated rings. The van der Waals surface area contributed by atoms with Crippen LogP contribution < -0.4 is 5.32 Å². The van der Waals surface area contributed by atoms with Crippen LogP contribution in [-0.2, 0) is 0 Å². The van der Waals surface area contributed by atoms with E-state index in [4.69, 9.17) is 16.6 Å². The Morgan fingerprint density at radius 2 is 1.68 bits per heavy atom. The molecule has 2 heterocycles. The van der Waals surface area contributed by atoms with Crippen molar-refractivity contribution in [1.29, 1.82) is 0 Å². The molecule has 1 N–H and O–H groups in total. The zero-order valence-electron chi connectivity index (χ0n) is 19.0. The van der Waals surface area contributed by atoms with Gasteiger partial charge in [-0.1, -0.05) is 54.1 Å². The van der Waals surface area contributed by atoms with Crippen LogP contribution in [0.5, 0.6) is 0 Å². The molecule has 5 aromatic rings. The van der Waals surface area contributed by atoms with E-state index in [9.17, 15) is 4.79 Å². The molecule has 2 aromatic heterocycles. The van der Waals surface area contributed by atoms with Crippen LogP contribution in [0.4, 0.5) is 5.13 Å². The van der Waals surface area contributed by atoms with E-state index in [-0.39, 0.29) is 5.91 Å². The predicted octanol–water partition coefficient (Wildman–Crippen LogP) is 7.86. The number of nitrogens with zero attached hydrogens (tertiary/aromatic N) is 2. The molecule has 0 unspecified atom stereocenters. The first-order valence-electron chi connectivity index (χ1n) is 10.9. The second-order valence-corrected chi connectivity index (χ2v) is 9.90. The molecule has 3 aromatic carbocycles. The molecule has 6 heteroatoms. The Labute approximate surface area is 207 Å². The number of aryl methyl sites for hydroxylation is 3. The largest absolute Gasteiger partial charge is 0.298 e. The summed E-state index contributed by atoms with van der Waals surface area (Å²) in [5.74, 6) is -0.213. The van der Waals surface area contributed by atoms with Crippen molar-refractivity contribution in [2.75, 3.05) is 5.32 Å². The summed E-state index contributed by atoms with van der Waals surface area (Å²) in [6, 6.07) is 23.4. The first-order valence-corrected chi connectivity index (χ1v) is 12.1. The average molecular weight is 484 g/mol. The minimum atomic E-state index is -0.213. The molecular formula is C28H22ClN3OS. The molecule has 0 aliphatic rings. The van der Waals surface area contributed by atoms with E-state index in [1.807, 2.05) is 67.6 Å². The molecule has 0 aliphatic carbocycles. The molecule has 0 saturated carbocycles. The van der Waals surface area contributed by atoms with Gasteiger partial charge in [0.2, 0.25) is 0 Å². The fraction of sp³-hybridized carbons (Fsp3) is 0.107. The molecule has 1 amide bonds. The number of hydrogen-bond donors (Lipinski definition) is 1. The molecular weight excluding hydrogens is 462 g/mol. The van der Waals surface area contributed by atoms with E-state index < -0.39 is 0 Å². The van der Waals surface area contributed by atoms with Gasteiger partial charge in [0.25, 0.3) is 5.91 Å². The van der Waals surface area contributed by atoms with Gasteiger partial charge in [0.15, 0.2) is 5.13 Å². The van der Waals surface area contributed by atoms with Gasteiger partial charge in [0.05, 0.1) is 22.5 Å². The third-order valence-corrected chi connectivity index (χ3v) is 7.00. The Morgan fingerprint density at radius 1 is 0.853 bits per heavy atom. The second-order valence-electron chi connectivity index (χ2n) is 8.26. The monoisotopic (exact) mass is 483 g/mol. The molecule has 5 rings (SSSR count). The molecule has 0 bridgehead atoms. The number of rotatable bonds is 4. The number of benzene rings is 3. The van der Waals surface area contributed by atoms with Gasteiger partial charge in [-0.05, 0) is 62.2 Å². The number of para-hydroxylation sites is 1. The number of anilines is 1. The van der Waals surface area contributed by atoms with Crippen LogP contribution in [0.2, 0.25) is 5.02 Å². The van der Waals surface area contributed by atoms with Crippen molar-refractivity contribution in [2.24, 2.45) is 0 Å². The van der Waals surface area contributed by atoms with E-state index in [2.05, 4.69) is 36.3 Å². The fourth-order valence-corrected chi connectivity index (χ4v) is 4.95. The van der Waals surface area contributed by atoms with Crippen LogP contribution in [-0.4, -0.2) is 15.9 Å². The Balaban J connectivity index is 1.53. The maximum Gasteiger partial charge on any atom is 0.258 e. The minimum Gasteiger partial charge on any atom is -0.298 e. The average Bonchev–Trinajstić information content (AvgIpc) is 3.19. The van der Waals surface area contributed by atoms with Gasteiger partial charge >= 0.3 is 0 Å². The zero-order chi connectivity index (χ0) is 23.8. The lowest BCUT2D eigenvalue weighted by Crippen LogP contribution is -2.13. The maximum atomic E-state index is 13.5. The SMILES string of the molecule is Cc1ccc(-c2cc(C(=O)Nc3nc(-c4cccc(Cl)c4)c(C)s3)c3ccccc3n2)cc1C. The number of carbonyl (C=O) groups excluding carboxylic acids is 1. The fourth-order valence-electron chi connectivity index (χ4n) is 3.93. The number of carbonyl (C=O) groups is 1. The lowest BCUT2D eigenvalue weighted by molar-refractivity contribution is 0.102. The van der Waals surface area contributed by atoms with Crippen molar-refractivity contribution in [3.8, 4) is 22.5 Å². The highest BCUT2D eigenvalue weighted by Crippen LogP contribution is 2.33. The maximum absolute atomic E-state index is 13.5. The summed E-state index contributed by atoms with van der Waals surface area (Å²) >= 11 is 7.60. The van der Waals surface area contributed by atoms with Gasteiger partial charge in [-0.3, -0.25) is 10.1 Å². The number of hydrogen-bond acceptors (Lipinski definition) is 4. The van der Waals surface area contributed by atoms with Gasteiger partial charge < -0.3 is 0 Å². The Bertz CT molecular complexity index is 1560. The lowest BCUT2D eigenvalue weighted by Gasteiger charge is -2.11. The van der Waals surface area contributed by atoms with Crippen LogP contribution >= 0.6 is 22.9 Å². The van der Waals surface area contributed by atoms with Crippen molar-refractivity contribution in [1.82, 2.24) is 9.97 Å². The number of aromatic nitrogens is 2. The zero-order valence-corrected chi connectivity index (χ0v) is 20.6. The smallest absolute Gasteiger partial charge is 0.258 e. The number of amides is 1. The van der Waals surface area contributed by atoms with E-state index in [1.165, 1.54) is 22.5 Å². The van der Waals surface area contributed by atoms with Crippen LogP contribution in [0, 0.1) is 20.8 Å². The Morgan fingerprint density at radius 3 is 2.47 bits per heavy atom. The van der Waals surface area contributed by atoms with Gasteiger partial charge in [0.1, 0.15) is 0 Å². The summed E-state index contributed by atoms with van der Waals surface area (Å²) in [7, 11) is 0. The summed E-state index contributed by atoms with van der Waals surface area (Å²) < 4.78 is 0. The van der Waals surface area contributed by atoms with Crippen molar-refractivity contribution < 1.29 is 4.79 Å². The summed E-state index contributed by atoms with van der Waals surface area (Å²) in [4.78, 5) is 24.0. The molecule has 0 radical (unpaired) electrons. The van der Waals surface area contributed by atoms with Crippen molar-refractivity contribution in [3.63, 3.8) is 0 Å². The predicted molar refractivity (Wildman–Crippen MR) is 142 cm³/mol. The highest BCUT2D eigenvalue weighted by Gasteiger charge is 2.17. The molecule has 0 atom stereocenters. The van der Waals surface area contributed by atoms with Gasteiger partial charge in [-0.25, -0.2) is 9.97 Å². The van der Waals surface area contributed by atoms with Crippen LogP contribution in [0.3, 0.4) is 0 Å². The first kappa shape index (κ1) is 22.3. The molecule has 0 aliphatic heterocycles. The second kappa shape index (κ2) is 9.01. The quantitative estimate of drug-likeness (QED) is 0.283. The van der Waals surface area contributed by atoms with Crippen LogP contribution in [0.25, 0.3) is 33.4 Å². The van der Waals surface area contributed by atoms with E-state index in [0.29, 0.717) is 15.7 Å². The number of fused-ring (bicyclic) bond motifs is 1. The van der Waals surface area contributed by atoms with E-state index in [0.717, 1.165) is 38.3 Å². The third kappa shape index (κ3) is 4.32. The number of nitrogens with one attached hydrogen (secondary N) is 1. The summed E-state index contributed by atoms with van der Waals surface area (Å²) in [6.07, 6.45) is 0. The number of thiazole rings is 1. The normalized spacial score (nSPS) is 11.1. The molecule has 0 saturated heterocycles. The topological polar surface area (TPSA) is 54.9 Å². The number of halogens is 1. The standard InChI is InChI=1S/C28H22ClN3OS/c1-16-11-12-19(13-17(16)2)25-15-23(22-9-4-5-10-24(22)30-25)27(33)32-28-31-26(18(3)34-28)20-7-6-8-21(29)14-20/h4-15H,1-3H3,(H,31,32,33). The van der Waals surface area contributed by atoms with Crippen molar-refractivity contribution in [3.05, 3.63) is 99.4 Å². The summed E-state index contributed by atoms with van der Waals surface area (Å²) in [5, 5.41) is 5.00. The highest BCUT2D eigenvalue weighted by molar-refractivity contribution is 7.16. The van der Waals surface area contributed by atoms with Crippen LogP contribution in [0.15, 0.2) is 72.8 Å². The molecule has 168 valence electrons. The highest BCUT2D eigenvalue weighted by atomic mass is 35.5. The Kier molecular flexibility index (Phi) is 5.90. The van der Waals surface area contributed by atoms with Gasteiger partial charge in [0, 0.05) is 26.4 Å². The molecule has 34 heavy (non-hydrogen) atoms. The Hall–Kier alpha value is -3.54. The number of pyridine rings is 1. The van der Waals surface area contributed by atoms with E-state index in [1.54, 1.807) is 0 Å². The van der Waals surface area contributed by atoms with Gasteiger partial charge in [-0.2, -0.15) is 0 Å². The van der Waals surface area contributed by atoms with Crippen LogP contribution in [0.1, 0.15) is 26.4 Å².